The van der Waals surface area contributed by atoms with Gasteiger partial charge in [-0.05, 0) is 73.8 Å². The molecule has 0 saturated carbocycles. The lowest BCUT2D eigenvalue weighted by Gasteiger charge is -2.29. The Morgan fingerprint density at radius 2 is 1.01 bits per heavy atom. The standard InChI is InChI=1S/C46H67N11O17S2/c1-22(2)37(57-44(71)31(17-25-20-48-21-49-25)53-38(65)23(3)50-39(66)27(47)10-11-34(59)60)45(72)55-30(16-24-6-8-26(58)9-7-24)42(69)54-32(18-35(61)62)43(70)52-28(12-14-75-4)40(67)51-29(13-15-76-5)41(68)56-33(46(73)74)19-36(63)64/h6-9,20-23,27-33,37,58H,10-19,47H2,1-5H3,(H,48,49)(H,50,66)(H,51,67)(H,52,70)(H,53,65)(H,54,69)(H,55,72)(H,56,68)(H,57,71)(H,59,60)(H,61,62)(H,63,64)(H,73,74)/t23-,27-,28-,29-,30-,31-,32-,33-,37-/m0/s1. The van der Waals surface area contributed by atoms with E-state index in [1.54, 1.807) is 26.4 Å². The molecule has 30 heteroatoms. The number of nitrogens with zero attached hydrogens (tertiary/aromatic N) is 1. The first-order chi connectivity index (χ1) is 35.8. The van der Waals surface area contributed by atoms with Crippen molar-refractivity contribution in [1.29, 1.82) is 0 Å². The van der Waals surface area contributed by atoms with Crippen molar-refractivity contribution < 1.29 is 83.1 Å². The molecule has 1 aromatic carbocycles. The highest BCUT2D eigenvalue weighted by Gasteiger charge is 2.36. The van der Waals surface area contributed by atoms with E-state index in [2.05, 4.69) is 52.5 Å². The molecule has 0 aliphatic carbocycles. The van der Waals surface area contributed by atoms with Crippen molar-refractivity contribution in [3.05, 3.63) is 48.0 Å². The van der Waals surface area contributed by atoms with Gasteiger partial charge in [-0.1, -0.05) is 26.0 Å². The van der Waals surface area contributed by atoms with E-state index in [1.807, 2.05) is 0 Å². The lowest BCUT2D eigenvalue weighted by atomic mass is 9.99. The van der Waals surface area contributed by atoms with Gasteiger partial charge in [-0.3, -0.25) is 52.7 Å². The minimum absolute atomic E-state index is 0.0626. The van der Waals surface area contributed by atoms with Gasteiger partial charge < -0.3 is 78.8 Å². The number of hydrogen-bond donors (Lipinski definition) is 15. The summed E-state index contributed by atoms with van der Waals surface area (Å²) < 4.78 is 0. The second kappa shape index (κ2) is 32.8. The smallest absolute Gasteiger partial charge is 0.326 e. The van der Waals surface area contributed by atoms with Crippen LogP contribution in [-0.2, 0) is 70.4 Å². The monoisotopic (exact) mass is 1110 g/mol. The number of H-pyrrole nitrogens is 1. The van der Waals surface area contributed by atoms with E-state index in [0.717, 1.165) is 0 Å². The Hall–Kier alpha value is -7.47. The maximum atomic E-state index is 14.3. The van der Waals surface area contributed by atoms with E-state index in [4.69, 9.17) is 15.9 Å². The zero-order chi connectivity index (χ0) is 57.2. The fourth-order valence-electron chi connectivity index (χ4n) is 6.90. The number of amides is 8. The number of benzene rings is 1. The van der Waals surface area contributed by atoms with E-state index in [0.29, 0.717) is 11.3 Å². The number of phenols is 1. The first-order valence-corrected chi connectivity index (χ1v) is 26.3. The summed E-state index contributed by atoms with van der Waals surface area (Å²) in [6, 6.07) is -8.34. The van der Waals surface area contributed by atoms with Crippen molar-refractivity contribution >= 4 is 94.7 Å². The van der Waals surface area contributed by atoms with Crippen molar-refractivity contribution in [2.75, 3.05) is 24.0 Å². The number of nitrogens with two attached hydrogens (primary N) is 1. The van der Waals surface area contributed by atoms with Crippen molar-refractivity contribution in [3.63, 3.8) is 0 Å². The molecule has 1 heterocycles. The number of carbonyl (C=O) groups excluding carboxylic acids is 8. The van der Waals surface area contributed by atoms with Crippen molar-refractivity contribution in [2.24, 2.45) is 11.7 Å². The van der Waals surface area contributed by atoms with Crippen LogP contribution < -0.4 is 48.3 Å². The van der Waals surface area contributed by atoms with Gasteiger partial charge in [0.25, 0.3) is 0 Å². The topological polar surface area (TPSA) is 457 Å². The molecule has 8 amide bonds. The summed E-state index contributed by atoms with van der Waals surface area (Å²) in [7, 11) is 0. The lowest BCUT2D eigenvalue weighted by Crippen LogP contribution is -2.61. The van der Waals surface area contributed by atoms with Crippen LogP contribution in [0.1, 0.15) is 70.6 Å². The number of hydrogen-bond acceptors (Lipinski definition) is 17. The summed E-state index contributed by atoms with van der Waals surface area (Å²) in [6.45, 7) is 4.39. The molecule has 28 nitrogen and oxygen atoms in total. The van der Waals surface area contributed by atoms with Gasteiger partial charge in [-0.2, -0.15) is 23.5 Å². The average molecular weight is 1110 g/mol. The fourth-order valence-corrected chi connectivity index (χ4v) is 7.85. The quantitative estimate of drug-likeness (QED) is 0.0331. The Labute approximate surface area is 444 Å². The summed E-state index contributed by atoms with van der Waals surface area (Å²) in [4.78, 5) is 162. The molecule has 0 radical (unpaired) electrons. The molecule has 2 rings (SSSR count). The molecule has 0 unspecified atom stereocenters. The van der Waals surface area contributed by atoms with E-state index in [-0.39, 0.29) is 49.4 Å². The minimum Gasteiger partial charge on any atom is -0.508 e. The number of imidazole rings is 1. The van der Waals surface area contributed by atoms with Crippen LogP contribution in [0.2, 0.25) is 0 Å². The van der Waals surface area contributed by atoms with Crippen LogP contribution in [0.5, 0.6) is 5.75 Å². The van der Waals surface area contributed by atoms with Gasteiger partial charge in [0.2, 0.25) is 47.3 Å². The molecular weight excluding hydrogens is 1040 g/mol. The maximum Gasteiger partial charge on any atom is 0.326 e. The fraction of sp³-hybridized carbons (Fsp3) is 0.543. The molecule has 0 aliphatic rings. The van der Waals surface area contributed by atoms with Crippen LogP contribution in [0.4, 0.5) is 0 Å². The summed E-state index contributed by atoms with van der Waals surface area (Å²) in [5.41, 5.74) is 6.49. The Morgan fingerprint density at radius 3 is 1.50 bits per heavy atom. The van der Waals surface area contributed by atoms with Crippen LogP contribution in [0, 0.1) is 5.92 Å². The van der Waals surface area contributed by atoms with Crippen LogP contribution in [0.3, 0.4) is 0 Å². The van der Waals surface area contributed by atoms with Gasteiger partial charge in [0.15, 0.2) is 0 Å². The number of rotatable bonds is 35. The maximum absolute atomic E-state index is 14.3. The predicted octanol–water partition coefficient (Wildman–Crippen LogP) is -2.81. The Morgan fingerprint density at radius 1 is 0.553 bits per heavy atom. The molecule has 1 aromatic heterocycles. The molecule has 9 atom stereocenters. The predicted molar refractivity (Wildman–Crippen MR) is 273 cm³/mol. The minimum atomic E-state index is -1.92. The SMILES string of the molecule is CSCC[C@H](NC(=O)[C@H](CCSC)NC(=O)[C@H](CC(=O)O)NC(=O)[C@H](Cc1ccc(O)cc1)NC(=O)[C@@H](NC(=O)[C@H](Cc1cnc[nH]1)NC(=O)[C@H](C)NC(=O)[C@@H](N)CCC(=O)O)C(C)C)C(=O)N[C@@H](CC(=O)O)C(=O)O. The van der Waals surface area contributed by atoms with E-state index in [1.165, 1.54) is 67.2 Å². The Balaban J connectivity index is 2.45. The second-order valence-electron chi connectivity index (χ2n) is 17.6. The molecule has 0 aliphatic heterocycles. The number of thioether (sulfide) groups is 2. The molecule has 76 heavy (non-hydrogen) atoms. The third-order valence-corrected chi connectivity index (χ3v) is 12.4. The highest BCUT2D eigenvalue weighted by molar-refractivity contribution is 7.98. The zero-order valence-corrected chi connectivity index (χ0v) is 43.9. The summed E-state index contributed by atoms with van der Waals surface area (Å²) in [5.74, 6) is -14.2. The number of aliphatic carboxylic acids is 4. The molecule has 0 bridgehead atoms. The van der Waals surface area contributed by atoms with Gasteiger partial charge in [-0.25, -0.2) is 9.78 Å². The Bertz CT molecular complexity index is 2340. The van der Waals surface area contributed by atoms with Crippen LogP contribution in [-0.4, -0.2) is 185 Å². The molecule has 0 saturated heterocycles. The number of carbonyl (C=O) groups is 12. The van der Waals surface area contributed by atoms with E-state index >= 15 is 0 Å². The highest BCUT2D eigenvalue weighted by atomic mass is 32.2. The van der Waals surface area contributed by atoms with Gasteiger partial charge >= 0.3 is 23.9 Å². The molecule has 0 spiro atoms. The van der Waals surface area contributed by atoms with Crippen molar-refractivity contribution in [3.8, 4) is 5.75 Å². The van der Waals surface area contributed by atoms with Crippen LogP contribution in [0.25, 0.3) is 0 Å². The van der Waals surface area contributed by atoms with Crippen molar-refractivity contribution in [1.82, 2.24) is 52.5 Å². The van der Waals surface area contributed by atoms with E-state index < -0.39 is 151 Å². The number of nitrogens with one attached hydrogen (secondary N) is 9. The summed E-state index contributed by atoms with van der Waals surface area (Å²) in [5, 5.41) is 66.7. The number of aromatic amines is 1. The van der Waals surface area contributed by atoms with Gasteiger partial charge in [0, 0.05) is 31.2 Å². The van der Waals surface area contributed by atoms with E-state index in [9.17, 15) is 72.9 Å². The third kappa shape index (κ3) is 23.4. The number of carboxylic acids is 4. The third-order valence-electron chi connectivity index (χ3n) is 11.1. The van der Waals surface area contributed by atoms with Crippen LogP contribution >= 0.6 is 23.5 Å². The second-order valence-corrected chi connectivity index (χ2v) is 19.6. The number of aromatic nitrogens is 2. The van der Waals surface area contributed by atoms with Gasteiger partial charge in [0.1, 0.15) is 54.1 Å². The molecule has 420 valence electrons. The first-order valence-electron chi connectivity index (χ1n) is 23.6. The van der Waals surface area contributed by atoms with Gasteiger partial charge in [-0.15, -0.1) is 0 Å². The van der Waals surface area contributed by atoms with Crippen molar-refractivity contribution in [2.45, 2.75) is 127 Å². The molecule has 2 aromatic rings. The highest BCUT2D eigenvalue weighted by Crippen LogP contribution is 2.14. The summed E-state index contributed by atoms with van der Waals surface area (Å²) >= 11 is 2.52. The molecule has 16 N–H and O–H groups in total. The lowest BCUT2D eigenvalue weighted by molar-refractivity contribution is -0.147. The normalized spacial score (nSPS) is 14.6. The molecular formula is C46H67N11O17S2. The largest absolute Gasteiger partial charge is 0.508 e. The van der Waals surface area contributed by atoms with Gasteiger partial charge in [0.05, 0.1) is 25.2 Å². The number of carboxylic acid groups (broad SMARTS) is 4. The average Bonchev–Trinajstić information content (AvgIpc) is 3.87. The Kier molecular flexibility index (Phi) is 27.9. The number of phenolic OH excluding ortho intramolecular Hbond substituents is 1. The first kappa shape index (κ1) is 64.6. The summed E-state index contributed by atoms with van der Waals surface area (Å²) in [6.07, 6.45) is 2.67. The van der Waals surface area contributed by atoms with Crippen LogP contribution in [0.15, 0.2) is 36.8 Å². The molecule has 0 fully saturated rings. The number of aromatic hydroxyl groups is 1. The zero-order valence-electron chi connectivity index (χ0n) is 42.3.